The molecule has 3 N–H and O–H groups in total. The zero-order chi connectivity index (χ0) is 14.8. The van der Waals surface area contributed by atoms with Crippen LogP contribution < -0.4 is 10.5 Å². The van der Waals surface area contributed by atoms with Gasteiger partial charge in [0, 0.05) is 0 Å². The maximum atomic E-state index is 12.1. The molecule has 2 aromatic rings. The summed E-state index contributed by atoms with van der Waals surface area (Å²) in [4.78, 5) is 12.3. The molecule has 0 spiro atoms. The summed E-state index contributed by atoms with van der Waals surface area (Å²) in [7, 11) is -3.91. The van der Waals surface area contributed by atoms with Crippen molar-refractivity contribution in [3.63, 3.8) is 0 Å². The van der Waals surface area contributed by atoms with Crippen molar-refractivity contribution in [1.29, 1.82) is 0 Å². The summed E-state index contributed by atoms with van der Waals surface area (Å²) < 4.78 is 26.6. The van der Waals surface area contributed by atoms with Crippen molar-refractivity contribution in [1.82, 2.24) is 9.59 Å². The molecule has 1 aromatic heterocycles. The van der Waals surface area contributed by atoms with Gasteiger partial charge in [0.15, 0.2) is 0 Å². The highest BCUT2D eigenvalue weighted by molar-refractivity contribution is 7.89. The van der Waals surface area contributed by atoms with Gasteiger partial charge >= 0.3 is 0 Å². The molecule has 0 radical (unpaired) electrons. The number of aromatic nitrogens is 2. The van der Waals surface area contributed by atoms with E-state index in [-0.39, 0.29) is 10.6 Å². The molecule has 0 bridgehead atoms. The molecule has 1 heterocycles. The molecule has 9 heteroatoms. The first kappa shape index (κ1) is 14.6. The molecule has 0 fully saturated rings. The summed E-state index contributed by atoms with van der Waals surface area (Å²) >= 11 is 0.961. The molecule has 0 saturated carbocycles. The zero-order valence-electron chi connectivity index (χ0n) is 10.5. The molecule has 0 aliphatic carbocycles. The minimum absolute atomic E-state index is 0.135. The van der Waals surface area contributed by atoms with Gasteiger partial charge < -0.3 is 5.32 Å². The highest BCUT2D eigenvalue weighted by Crippen LogP contribution is 2.21. The maximum absolute atomic E-state index is 12.1. The van der Waals surface area contributed by atoms with Gasteiger partial charge in [-0.15, -0.1) is 5.10 Å². The number of nitrogens with one attached hydrogen (secondary N) is 1. The number of primary sulfonamides is 1. The molecule has 2 rings (SSSR count). The number of para-hydroxylation sites is 1. The first-order chi connectivity index (χ1) is 9.43. The topological polar surface area (TPSA) is 115 Å². The van der Waals surface area contributed by atoms with Crippen molar-refractivity contribution >= 4 is 33.2 Å². The number of nitrogens with two attached hydrogens (primary N) is 1. The predicted octanol–water partition coefficient (Wildman–Crippen LogP) is 1.00. The van der Waals surface area contributed by atoms with Crippen LogP contribution in [0.4, 0.5) is 5.69 Å². The number of hydrogen-bond donors (Lipinski definition) is 2. The van der Waals surface area contributed by atoms with Crippen LogP contribution in [0.3, 0.4) is 0 Å². The van der Waals surface area contributed by atoms with Crippen LogP contribution in [0.15, 0.2) is 29.2 Å². The quantitative estimate of drug-likeness (QED) is 0.874. The molecule has 20 heavy (non-hydrogen) atoms. The standard InChI is InChI=1S/C11H12N4O3S2/c1-2-7-10(19-15-14-7)11(16)13-8-5-3-4-6-9(8)20(12,17)18/h3-6H,2H2,1H3,(H,13,16)(H2,12,17,18). The molecule has 1 amide bonds. The van der Waals surface area contributed by atoms with E-state index in [1.165, 1.54) is 18.2 Å². The zero-order valence-corrected chi connectivity index (χ0v) is 12.2. The van der Waals surface area contributed by atoms with E-state index < -0.39 is 15.9 Å². The van der Waals surface area contributed by atoms with Crippen molar-refractivity contribution < 1.29 is 13.2 Å². The first-order valence-corrected chi connectivity index (χ1v) is 8.00. The Bertz CT molecular complexity index is 740. The van der Waals surface area contributed by atoms with Crippen LogP contribution in [-0.2, 0) is 16.4 Å². The Morgan fingerprint density at radius 2 is 2.10 bits per heavy atom. The smallest absolute Gasteiger partial charge is 0.269 e. The summed E-state index contributed by atoms with van der Waals surface area (Å²) in [5.74, 6) is -0.451. The third-order valence-electron chi connectivity index (χ3n) is 2.54. The van der Waals surface area contributed by atoms with Crippen LogP contribution in [0.1, 0.15) is 22.3 Å². The SMILES string of the molecule is CCc1nnsc1C(=O)Nc1ccccc1S(N)(=O)=O. The number of aryl methyl sites for hydroxylation is 1. The molecule has 106 valence electrons. The number of carbonyl (C=O) groups excluding carboxylic acids is 1. The number of benzene rings is 1. The third-order valence-corrected chi connectivity index (χ3v) is 4.27. The number of hydrogen-bond acceptors (Lipinski definition) is 6. The summed E-state index contributed by atoms with van der Waals surface area (Å²) in [5, 5.41) is 11.5. The Kier molecular flexibility index (Phi) is 4.12. The normalized spacial score (nSPS) is 11.3. The van der Waals surface area contributed by atoms with Gasteiger partial charge in [-0.3, -0.25) is 4.79 Å². The van der Waals surface area contributed by atoms with Crippen LogP contribution >= 0.6 is 11.5 Å². The van der Waals surface area contributed by atoms with E-state index in [4.69, 9.17) is 5.14 Å². The second kappa shape index (κ2) is 5.65. The minimum Gasteiger partial charge on any atom is -0.320 e. The first-order valence-electron chi connectivity index (χ1n) is 5.68. The van der Waals surface area contributed by atoms with E-state index in [1.807, 2.05) is 6.92 Å². The van der Waals surface area contributed by atoms with E-state index in [0.29, 0.717) is 17.0 Å². The Morgan fingerprint density at radius 3 is 2.75 bits per heavy atom. The molecule has 0 saturated heterocycles. The summed E-state index contributed by atoms with van der Waals surface area (Å²) in [6, 6.07) is 5.94. The molecule has 7 nitrogen and oxygen atoms in total. The van der Waals surface area contributed by atoms with Crippen LogP contribution in [0.5, 0.6) is 0 Å². The Balaban J connectivity index is 2.34. The lowest BCUT2D eigenvalue weighted by atomic mass is 10.2. The number of sulfonamides is 1. The van der Waals surface area contributed by atoms with Crippen molar-refractivity contribution in [3.05, 3.63) is 34.8 Å². The maximum Gasteiger partial charge on any atom is 0.269 e. The third kappa shape index (κ3) is 3.00. The van der Waals surface area contributed by atoms with E-state index in [1.54, 1.807) is 6.07 Å². The Morgan fingerprint density at radius 1 is 1.40 bits per heavy atom. The average molecular weight is 312 g/mol. The monoisotopic (exact) mass is 312 g/mol. The second-order valence-corrected chi connectivity index (χ2v) is 6.18. The summed E-state index contributed by atoms with van der Waals surface area (Å²) in [5.41, 5.74) is 0.705. The molecule has 0 unspecified atom stereocenters. The van der Waals surface area contributed by atoms with Crippen LogP contribution in [0.25, 0.3) is 0 Å². The van der Waals surface area contributed by atoms with Crippen molar-refractivity contribution in [2.75, 3.05) is 5.32 Å². The predicted molar refractivity (Wildman–Crippen MR) is 75.1 cm³/mol. The second-order valence-electron chi connectivity index (χ2n) is 3.90. The molecular weight excluding hydrogens is 300 g/mol. The lowest BCUT2D eigenvalue weighted by molar-refractivity contribution is 0.102. The molecule has 0 aliphatic heterocycles. The van der Waals surface area contributed by atoms with Crippen LogP contribution in [0, 0.1) is 0 Å². The van der Waals surface area contributed by atoms with Gasteiger partial charge in [0.25, 0.3) is 5.91 Å². The van der Waals surface area contributed by atoms with E-state index in [2.05, 4.69) is 14.9 Å². The summed E-state index contributed by atoms with van der Waals surface area (Å²) in [6.45, 7) is 1.85. The highest BCUT2D eigenvalue weighted by Gasteiger charge is 2.19. The van der Waals surface area contributed by atoms with Gasteiger partial charge in [-0.2, -0.15) is 0 Å². The van der Waals surface area contributed by atoms with Gasteiger partial charge in [-0.1, -0.05) is 23.5 Å². The number of rotatable bonds is 4. The minimum atomic E-state index is -3.91. The molecule has 1 aromatic carbocycles. The summed E-state index contributed by atoms with van der Waals surface area (Å²) in [6.07, 6.45) is 0.566. The fourth-order valence-corrected chi connectivity index (χ4v) is 2.95. The number of amides is 1. The van der Waals surface area contributed by atoms with Gasteiger partial charge in [-0.25, -0.2) is 13.6 Å². The van der Waals surface area contributed by atoms with Crippen LogP contribution in [0.2, 0.25) is 0 Å². The highest BCUT2D eigenvalue weighted by atomic mass is 32.2. The van der Waals surface area contributed by atoms with E-state index >= 15 is 0 Å². The van der Waals surface area contributed by atoms with Gasteiger partial charge in [-0.05, 0) is 30.1 Å². The molecular formula is C11H12N4O3S2. The Labute approximate surface area is 120 Å². The van der Waals surface area contributed by atoms with Gasteiger partial charge in [0.05, 0.1) is 11.4 Å². The van der Waals surface area contributed by atoms with Crippen molar-refractivity contribution in [2.45, 2.75) is 18.2 Å². The largest absolute Gasteiger partial charge is 0.320 e. The lowest BCUT2D eigenvalue weighted by Gasteiger charge is -2.08. The fourth-order valence-electron chi connectivity index (χ4n) is 1.61. The van der Waals surface area contributed by atoms with Crippen molar-refractivity contribution in [2.24, 2.45) is 5.14 Å². The van der Waals surface area contributed by atoms with Gasteiger partial charge in [0.2, 0.25) is 10.0 Å². The average Bonchev–Trinajstić information content (AvgIpc) is 2.86. The fraction of sp³-hybridized carbons (Fsp3) is 0.182. The molecule has 0 aliphatic rings. The van der Waals surface area contributed by atoms with Crippen LogP contribution in [-0.4, -0.2) is 23.9 Å². The number of anilines is 1. The van der Waals surface area contributed by atoms with E-state index in [0.717, 1.165) is 11.5 Å². The van der Waals surface area contributed by atoms with E-state index in [9.17, 15) is 13.2 Å². The molecule has 0 atom stereocenters. The Hall–Kier alpha value is -1.84. The lowest BCUT2D eigenvalue weighted by Crippen LogP contribution is -2.18. The van der Waals surface area contributed by atoms with Gasteiger partial charge in [0.1, 0.15) is 9.77 Å². The number of carbonyl (C=O) groups is 1. The van der Waals surface area contributed by atoms with Crippen molar-refractivity contribution in [3.8, 4) is 0 Å². The number of nitrogens with zero attached hydrogens (tertiary/aromatic N) is 2.